The van der Waals surface area contributed by atoms with E-state index in [1.807, 2.05) is 24.3 Å². The smallest absolute Gasteiger partial charge is 0.319 e. The Morgan fingerprint density at radius 1 is 1.14 bits per heavy atom. The van der Waals surface area contributed by atoms with Crippen LogP contribution in [-0.2, 0) is 0 Å². The molecule has 2 aromatic rings. The molecule has 1 unspecified atom stereocenters. The number of non-ortho nitro benzene ring substituents is 1. The first-order chi connectivity index (χ1) is 13.6. The topological polar surface area (TPSA) is 96.7 Å². The maximum absolute atomic E-state index is 12.3. The summed E-state index contributed by atoms with van der Waals surface area (Å²) in [6.45, 7) is 2.47. The van der Waals surface area contributed by atoms with Crippen molar-refractivity contribution in [2.24, 2.45) is 0 Å². The number of urea groups is 1. The summed E-state index contributed by atoms with van der Waals surface area (Å²) in [6.07, 6.45) is 2.31. The summed E-state index contributed by atoms with van der Waals surface area (Å²) in [5.74, 6) is 0.799. The van der Waals surface area contributed by atoms with Crippen LogP contribution in [0.25, 0.3) is 0 Å². The van der Waals surface area contributed by atoms with Crippen molar-refractivity contribution in [3.63, 3.8) is 0 Å². The van der Waals surface area contributed by atoms with E-state index in [-0.39, 0.29) is 17.8 Å². The second-order valence-corrected chi connectivity index (χ2v) is 6.67. The number of hydrogen-bond acceptors (Lipinski definition) is 5. The van der Waals surface area contributed by atoms with Crippen molar-refractivity contribution in [3.05, 3.63) is 64.2 Å². The van der Waals surface area contributed by atoms with Crippen molar-refractivity contribution in [1.82, 2.24) is 10.2 Å². The van der Waals surface area contributed by atoms with Gasteiger partial charge in [0.15, 0.2) is 0 Å². The number of nitrogens with zero attached hydrogens (tertiary/aromatic N) is 2. The number of methoxy groups -OCH3 is 1. The molecule has 2 N–H and O–H groups in total. The fraction of sp³-hybridized carbons (Fsp3) is 0.350. The third-order valence-corrected chi connectivity index (χ3v) is 4.87. The van der Waals surface area contributed by atoms with E-state index in [2.05, 4.69) is 15.5 Å². The van der Waals surface area contributed by atoms with E-state index in [0.717, 1.165) is 37.2 Å². The van der Waals surface area contributed by atoms with Crippen LogP contribution in [0.3, 0.4) is 0 Å². The molecule has 1 saturated heterocycles. The van der Waals surface area contributed by atoms with Crippen LogP contribution in [0.5, 0.6) is 5.75 Å². The van der Waals surface area contributed by atoms with Crippen LogP contribution < -0.4 is 15.4 Å². The van der Waals surface area contributed by atoms with Crippen molar-refractivity contribution in [2.75, 3.05) is 32.1 Å². The van der Waals surface area contributed by atoms with E-state index >= 15 is 0 Å². The van der Waals surface area contributed by atoms with Crippen LogP contribution in [0, 0.1) is 10.1 Å². The molecule has 0 bridgehead atoms. The van der Waals surface area contributed by atoms with Crippen LogP contribution in [0.1, 0.15) is 24.4 Å². The van der Waals surface area contributed by atoms with Gasteiger partial charge in [0, 0.05) is 24.4 Å². The van der Waals surface area contributed by atoms with Gasteiger partial charge in [0.1, 0.15) is 5.75 Å². The summed E-state index contributed by atoms with van der Waals surface area (Å²) in [6, 6.07) is 13.4. The van der Waals surface area contributed by atoms with E-state index in [1.165, 1.54) is 24.3 Å². The SMILES string of the molecule is COc1ccc(C(CNC(=O)Nc2ccc([N+](=O)[O-])cc2)N2CCCC2)cc1. The first-order valence-corrected chi connectivity index (χ1v) is 9.24. The van der Waals surface area contributed by atoms with Crippen LogP contribution >= 0.6 is 0 Å². The molecule has 3 rings (SSSR count). The van der Waals surface area contributed by atoms with Crippen molar-refractivity contribution in [1.29, 1.82) is 0 Å². The minimum atomic E-state index is -0.473. The molecule has 1 heterocycles. The largest absolute Gasteiger partial charge is 0.497 e. The Balaban J connectivity index is 1.62. The molecular formula is C20H24N4O4. The molecule has 1 aliphatic rings. The van der Waals surface area contributed by atoms with E-state index in [0.29, 0.717) is 12.2 Å². The highest BCUT2D eigenvalue weighted by Crippen LogP contribution is 2.26. The summed E-state index contributed by atoms with van der Waals surface area (Å²) in [4.78, 5) is 24.9. The Labute approximate surface area is 163 Å². The summed E-state index contributed by atoms with van der Waals surface area (Å²) < 4.78 is 5.23. The zero-order valence-corrected chi connectivity index (χ0v) is 15.8. The second kappa shape index (κ2) is 9.18. The number of likely N-dealkylation sites (tertiary alicyclic amines) is 1. The number of amides is 2. The lowest BCUT2D eigenvalue weighted by Gasteiger charge is -2.28. The van der Waals surface area contributed by atoms with Gasteiger partial charge in [-0.05, 0) is 55.8 Å². The minimum Gasteiger partial charge on any atom is -0.497 e. The average Bonchev–Trinajstić information content (AvgIpc) is 3.23. The van der Waals surface area contributed by atoms with Gasteiger partial charge in [-0.25, -0.2) is 4.79 Å². The molecular weight excluding hydrogens is 360 g/mol. The predicted molar refractivity (Wildman–Crippen MR) is 107 cm³/mol. The first kappa shape index (κ1) is 19.6. The van der Waals surface area contributed by atoms with Gasteiger partial charge in [-0.3, -0.25) is 15.0 Å². The second-order valence-electron chi connectivity index (χ2n) is 6.67. The molecule has 0 aromatic heterocycles. The Morgan fingerprint density at radius 2 is 1.79 bits per heavy atom. The number of anilines is 1. The molecule has 148 valence electrons. The highest BCUT2D eigenvalue weighted by molar-refractivity contribution is 5.89. The number of carbonyl (C=O) groups excluding carboxylic acids is 1. The number of nitro benzene ring substituents is 1. The minimum absolute atomic E-state index is 0.0143. The molecule has 2 amide bonds. The normalized spacial score (nSPS) is 15.0. The molecule has 1 fully saturated rings. The number of nitro groups is 1. The van der Waals surface area contributed by atoms with Crippen molar-refractivity contribution in [3.8, 4) is 5.75 Å². The van der Waals surface area contributed by atoms with Gasteiger partial charge in [-0.15, -0.1) is 0 Å². The fourth-order valence-electron chi connectivity index (χ4n) is 3.37. The molecule has 8 nitrogen and oxygen atoms in total. The lowest BCUT2D eigenvalue weighted by atomic mass is 10.1. The highest BCUT2D eigenvalue weighted by Gasteiger charge is 2.24. The van der Waals surface area contributed by atoms with Crippen molar-refractivity contribution >= 4 is 17.4 Å². The Kier molecular flexibility index (Phi) is 6.44. The summed E-state index contributed by atoms with van der Waals surface area (Å²) in [7, 11) is 1.64. The monoisotopic (exact) mass is 384 g/mol. The Morgan fingerprint density at radius 3 is 2.36 bits per heavy atom. The molecule has 0 aliphatic carbocycles. The zero-order chi connectivity index (χ0) is 19.9. The zero-order valence-electron chi connectivity index (χ0n) is 15.8. The number of ether oxygens (including phenoxy) is 1. The third-order valence-electron chi connectivity index (χ3n) is 4.87. The van der Waals surface area contributed by atoms with E-state index in [9.17, 15) is 14.9 Å². The summed E-state index contributed by atoms with van der Waals surface area (Å²) in [5.41, 5.74) is 1.61. The third kappa shape index (κ3) is 4.98. The summed E-state index contributed by atoms with van der Waals surface area (Å²) in [5, 5.41) is 16.3. The van der Waals surface area contributed by atoms with Gasteiger partial charge >= 0.3 is 6.03 Å². The van der Waals surface area contributed by atoms with Gasteiger partial charge in [0.25, 0.3) is 5.69 Å². The average molecular weight is 384 g/mol. The first-order valence-electron chi connectivity index (χ1n) is 9.24. The number of carbonyl (C=O) groups is 1. The standard InChI is InChI=1S/C20H24N4O4/c1-28-18-10-4-15(5-11-18)19(23-12-2-3-13-23)14-21-20(25)22-16-6-8-17(9-7-16)24(26)27/h4-11,19H,2-3,12-14H2,1H3,(H2,21,22,25). The van der Waals surface area contributed by atoms with E-state index in [1.54, 1.807) is 7.11 Å². The quantitative estimate of drug-likeness (QED) is 0.562. The number of benzene rings is 2. The molecule has 0 spiro atoms. The highest BCUT2D eigenvalue weighted by atomic mass is 16.6. The van der Waals surface area contributed by atoms with Gasteiger partial charge in [-0.1, -0.05) is 12.1 Å². The lowest BCUT2D eigenvalue weighted by Crippen LogP contribution is -2.38. The Hall–Kier alpha value is -3.13. The molecule has 1 atom stereocenters. The molecule has 0 saturated carbocycles. The molecule has 2 aromatic carbocycles. The fourth-order valence-corrected chi connectivity index (χ4v) is 3.37. The maximum atomic E-state index is 12.3. The Bertz CT molecular complexity index is 802. The maximum Gasteiger partial charge on any atom is 0.319 e. The summed E-state index contributed by atoms with van der Waals surface area (Å²) >= 11 is 0. The van der Waals surface area contributed by atoms with Crippen LogP contribution in [0.4, 0.5) is 16.2 Å². The van der Waals surface area contributed by atoms with Gasteiger partial charge in [-0.2, -0.15) is 0 Å². The van der Waals surface area contributed by atoms with Crippen molar-refractivity contribution < 1.29 is 14.5 Å². The van der Waals surface area contributed by atoms with Crippen LogP contribution in [-0.4, -0.2) is 42.6 Å². The number of nitrogens with one attached hydrogen (secondary N) is 2. The van der Waals surface area contributed by atoms with E-state index in [4.69, 9.17) is 4.74 Å². The number of hydrogen-bond donors (Lipinski definition) is 2. The lowest BCUT2D eigenvalue weighted by molar-refractivity contribution is -0.384. The number of rotatable bonds is 7. The van der Waals surface area contributed by atoms with Gasteiger partial charge in [0.2, 0.25) is 0 Å². The van der Waals surface area contributed by atoms with Crippen molar-refractivity contribution in [2.45, 2.75) is 18.9 Å². The van der Waals surface area contributed by atoms with Gasteiger partial charge < -0.3 is 15.4 Å². The van der Waals surface area contributed by atoms with Gasteiger partial charge in [0.05, 0.1) is 18.1 Å². The molecule has 1 aliphatic heterocycles. The molecule has 28 heavy (non-hydrogen) atoms. The van der Waals surface area contributed by atoms with Crippen LogP contribution in [0.2, 0.25) is 0 Å². The molecule has 8 heteroatoms. The van der Waals surface area contributed by atoms with Crippen LogP contribution in [0.15, 0.2) is 48.5 Å². The molecule has 0 radical (unpaired) electrons. The predicted octanol–water partition coefficient (Wildman–Crippen LogP) is 3.56. The van der Waals surface area contributed by atoms with E-state index < -0.39 is 4.92 Å².